The first-order valence-corrected chi connectivity index (χ1v) is 15.2. The summed E-state index contributed by atoms with van der Waals surface area (Å²) in [5.41, 5.74) is 4.44. The van der Waals surface area contributed by atoms with Gasteiger partial charge in [0.1, 0.15) is 17.7 Å². The van der Waals surface area contributed by atoms with Gasteiger partial charge in [0, 0.05) is 25.2 Å². The van der Waals surface area contributed by atoms with Crippen molar-refractivity contribution in [3.63, 3.8) is 0 Å². The van der Waals surface area contributed by atoms with Crippen LogP contribution in [-0.2, 0) is 33.6 Å². The highest BCUT2D eigenvalue weighted by atomic mass is 19.4. The molecule has 0 aromatic rings. The first-order valence-electron chi connectivity index (χ1n) is 15.2. The number of amides is 2. The van der Waals surface area contributed by atoms with E-state index in [-0.39, 0.29) is 25.9 Å². The molecule has 268 valence electrons. The lowest BCUT2D eigenvalue weighted by Crippen LogP contribution is -2.59. The van der Waals surface area contributed by atoms with E-state index < -0.39 is 65.9 Å². The van der Waals surface area contributed by atoms with E-state index in [1.807, 2.05) is 13.8 Å². The summed E-state index contributed by atoms with van der Waals surface area (Å²) >= 11 is 0. The molecule has 0 radical (unpaired) electrons. The van der Waals surface area contributed by atoms with Gasteiger partial charge in [-0.2, -0.15) is 37.3 Å². The highest BCUT2D eigenvalue weighted by molar-refractivity contribution is 5.88. The van der Waals surface area contributed by atoms with Crippen molar-refractivity contribution < 1.29 is 65.0 Å². The molecule has 46 heavy (non-hydrogen) atoms. The van der Waals surface area contributed by atoms with E-state index in [0.29, 0.717) is 35.9 Å². The molecule has 0 bridgehead atoms. The molecule has 18 heteroatoms. The van der Waals surface area contributed by atoms with Gasteiger partial charge in [-0.05, 0) is 59.3 Å². The van der Waals surface area contributed by atoms with Gasteiger partial charge in [-0.1, -0.05) is 26.7 Å². The highest BCUT2D eigenvalue weighted by Crippen LogP contribution is 2.28. The molecule has 2 rings (SSSR count). The maximum Gasteiger partial charge on any atom is 0.471 e. The van der Waals surface area contributed by atoms with Gasteiger partial charge in [0.05, 0.1) is 13.2 Å². The van der Waals surface area contributed by atoms with E-state index in [2.05, 4.69) is 11.0 Å². The van der Waals surface area contributed by atoms with Crippen LogP contribution >= 0.6 is 0 Å². The van der Waals surface area contributed by atoms with E-state index in [1.54, 1.807) is 20.8 Å². The molecule has 2 aliphatic heterocycles. The second-order valence-corrected chi connectivity index (χ2v) is 12.0. The summed E-state index contributed by atoms with van der Waals surface area (Å²) in [6.45, 7) is 9.03. The van der Waals surface area contributed by atoms with Crippen LogP contribution in [0.15, 0.2) is 0 Å². The first kappa shape index (κ1) is 41.3. The smallest absolute Gasteiger partial charge is 0.471 e. The number of nitrogens with zero attached hydrogens (tertiary/aromatic N) is 2. The lowest BCUT2D eigenvalue weighted by atomic mass is 9.98. The molecule has 0 aromatic heterocycles. The van der Waals surface area contributed by atoms with Crippen molar-refractivity contribution in [2.24, 2.45) is 0 Å². The number of likely N-dealkylation sites (tertiary alicyclic amines) is 2. The van der Waals surface area contributed by atoms with Gasteiger partial charge in [0.2, 0.25) is 0 Å². The average molecular weight is 681 g/mol. The Morgan fingerprint density at radius 2 is 1.11 bits per heavy atom. The number of rotatable bonds is 12. The number of piperidine rings is 2. The number of hydrogen-bond donors (Lipinski definition) is 3. The number of aliphatic carboxylic acids is 1. The molecule has 0 aromatic carbocycles. The van der Waals surface area contributed by atoms with Crippen LogP contribution in [0.1, 0.15) is 86.0 Å². The van der Waals surface area contributed by atoms with Crippen LogP contribution in [0.5, 0.6) is 0 Å². The third-order valence-electron chi connectivity index (χ3n) is 6.83. The van der Waals surface area contributed by atoms with E-state index in [1.165, 1.54) is 0 Å². The van der Waals surface area contributed by atoms with Crippen molar-refractivity contribution in [3.05, 3.63) is 0 Å². The van der Waals surface area contributed by atoms with Crippen LogP contribution in [0.4, 0.5) is 26.3 Å². The predicted molar refractivity (Wildman–Crippen MR) is 151 cm³/mol. The van der Waals surface area contributed by atoms with Crippen molar-refractivity contribution in [1.29, 1.82) is 0 Å². The van der Waals surface area contributed by atoms with Crippen LogP contribution in [0.2, 0.25) is 0 Å². The van der Waals surface area contributed by atoms with Crippen LogP contribution in [0, 0.1) is 0 Å². The molecule has 2 amide bonds. The van der Waals surface area contributed by atoms with Gasteiger partial charge < -0.3 is 29.3 Å². The molecule has 12 nitrogen and oxygen atoms in total. The summed E-state index contributed by atoms with van der Waals surface area (Å²) in [6, 6.07) is -3.68. The number of esters is 1. The lowest BCUT2D eigenvalue weighted by Gasteiger charge is -2.39. The predicted octanol–water partition coefficient (Wildman–Crippen LogP) is 3.89. The number of halogens is 6. The number of carboxylic acids is 1. The third-order valence-corrected chi connectivity index (χ3v) is 6.83. The Balaban J connectivity index is 0.000000467. The molecule has 0 unspecified atom stereocenters. The summed E-state index contributed by atoms with van der Waals surface area (Å²) in [5.74, 6) is -6.42. The average Bonchev–Trinajstić information content (AvgIpc) is 2.95. The monoisotopic (exact) mass is 680 g/mol. The SMILES string of the molecule is CCCCON[C@@H]1CC[C@@H](C(=O)O)N(C(=O)C(F)(F)F)C1.CCCCON[C@@H]1CC[C@@H](C(=O)OC(C)(C)C)N(C(=O)C(F)(F)F)C1. The summed E-state index contributed by atoms with van der Waals surface area (Å²) in [7, 11) is 0. The molecule has 0 saturated carbocycles. The molecule has 4 atom stereocenters. The fraction of sp³-hybridized carbons (Fsp3) is 0.857. The van der Waals surface area contributed by atoms with Crippen molar-refractivity contribution >= 4 is 23.8 Å². The maximum atomic E-state index is 12.9. The Morgan fingerprint density at radius 3 is 1.46 bits per heavy atom. The molecular formula is C28H46F6N4O8. The van der Waals surface area contributed by atoms with Gasteiger partial charge in [-0.25, -0.2) is 9.59 Å². The number of unbranched alkanes of at least 4 members (excludes halogenated alkanes) is 2. The fourth-order valence-corrected chi connectivity index (χ4v) is 4.57. The third kappa shape index (κ3) is 14.4. The zero-order chi connectivity index (χ0) is 35.3. The molecule has 2 aliphatic rings. The minimum atomic E-state index is -5.08. The summed E-state index contributed by atoms with van der Waals surface area (Å²) in [5, 5.41) is 8.94. The quantitative estimate of drug-likeness (QED) is 0.120. The van der Waals surface area contributed by atoms with E-state index in [9.17, 15) is 45.5 Å². The molecule has 2 saturated heterocycles. The van der Waals surface area contributed by atoms with E-state index in [4.69, 9.17) is 19.5 Å². The zero-order valence-electron chi connectivity index (χ0n) is 26.8. The molecule has 3 N–H and O–H groups in total. The van der Waals surface area contributed by atoms with Crippen LogP contribution < -0.4 is 11.0 Å². The number of nitrogens with one attached hydrogen (secondary N) is 2. The van der Waals surface area contributed by atoms with Crippen LogP contribution in [-0.4, -0.2) is 107 Å². The molecule has 0 aliphatic carbocycles. The molecule has 2 heterocycles. The molecular weight excluding hydrogens is 634 g/mol. The first-order chi connectivity index (χ1) is 21.2. The topological polar surface area (TPSA) is 147 Å². The number of hydrogen-bond acceptors (Lipinski definition) is 9. The van der Waals surface area contributed by atoms with Gasteiger partial charge in [0.25, 0.3) is 0 Å². The Bertz CT molecular complexity index is 993. The zero-order valence-corrected chi connectivity index (χ0v) is 26.8. The fourth-order valence-electron chi connectivity index (χ4n) is 4.57. The van der Waals surface area contributed by atoms with Gasteiger partial charge >= 0.3 is 36.1 Å². The number of alkyl halides is 6. The largest absolute Gasteiger partial charge is 0.480 e. The van der Waals surface area contributed by atoms with Gasteiger partial charge in [-0.3, -0.25) is 9.59 Å². The number of hydroxylamine groups is 2. The van der Waals surface area contributed by atoms with Crippen molar-refractivity contribution in [3.8, 4) is 0 Å². The number of carbonyl (C=O) groups excluding carboxylic acids is 3. The molecule has 2 fully saturated rings. The Hall–Kier alpha value is -2.70. The minimum absolute atomic E-state index is 0.0496. The number of ether oxygens (including phenoxy) is 1. The van der Waals surface area contributed by atoms with Gasteiger partial charge in [-0.15, -0.1) is 0 Å². The highest BCUT2D eigenvalue weighted by Gasteiger charge is 2.50. The second kappa shape index (κ2) is 18.6. The summed E-state index contributed by atoms with van der Waals surface area (Å²) < 4.78 is 81.4. The Kier molecular flexibility index (Phi) is 16.7. The Morgan fingerprint density at radius 1 is 0.717 bits per heavy atom. The normalized spacial score (nSPS) is 22.5. The van der Waals surface area contributed by atoms with E-state index >= 15 is 0 Å². The number of carboxylic acid groups (broad SMARTS) is 1. The van der Waals surface area contributed by atoms with Gasteiger partial charge in [0.15, 0.2) is 0 Å². The van der Waals surface area contributed by atoms with Crippen LogP contribution in [0.25, 0.3) is 0 Å². The second-order valence-electron chi connectivity index (χ2n) is 12.0. The minimum Gasteiger partial charge on any atom is -0.480 e. The molecule has 0 spiro atoms. The standard InChI is InChI=1S/C16H27F3N2O4.C12H19F3N2O4/c1-5-6-9-24-20-11-7-8-12(13(22)25-15(2,3)4)21(10-11)14(23)16(17,18)19;1-2-3-6-21-16-8-4-5-9(10(18)19)17(7-8)11(20)12(13,14)15/h11-12,20H,5-10H2,1-4H3;8-9,16H,2-7H2,1H3,(H,18,19)/t11-,12+;8-,9+/m11/s1. The lowest BCUT2D eigenvalue weighted by molar-refractivity contribution is -0.195. The summed E-state index contributed by atoms with van der Waals surface area (Å²) in [6.07, 6.45) is -5.95. The van der Waals surface area contributed by atoms with Crippen molar-refractivity contribution in [1.82, 2.24) is 20.8 Å². The van der Waals surface area contributed by atoms with E-state index in [0.717, 1.165) is 25.7 Å². The summed E-state index contributed by atoms with van der Waals surface area (Å²) in [4.78, 5) is 57.5. The number of carbonyl (C=O) groups is 4. The Labute approximate surface area is 264 Å². The van der Waals surface area contributed by atoms with Crippen molar-refractivity contribution in [2.75, 3.05) is 26.3 Å². The maximum absolute atomic E-state index is 12.9. The van der Waals surface area contributed by atoms with Crippen molar-refractivity contribution in [2.45, 2.75) is 128 Å². The van der Waals surface area contributed by atoms with Crippen LogP contribution in [0.3, 0.4) is 0 Å².